The molecule has 88 valence electrons. The highest BCUT2D eigenvalue weighted by Gasteiger charge is 2.03. The molecule has 0 spiro atoms. The molecule has 1 unspecified atom stereocenters. The summed E-state index contributed by atoms with van der Waals surface area (Å²) in [5.74, 6) is 1.07. The molecule has 0 aliphatic rings. The number of aliphatic hydroxyl groups excluding tert-OH is 1. The van der Waals surface area contributed by atoms with Gasteiger partial charge in [-0.1, -0.05) is 0 Å². The molecule has 0 aliphatic heterocycles. The summed E-state index contributed by atoms with van der Waals surface area (Å²) in [6.07, 6.45) is 4.35. The number of nitrogens with zero attached hydrogens (tertiary/aromatic N) is 2. The maximum Gasteiger partial charge on any atom is 0.219 e. The second-order valence-corrected chi connectivity index (χ2v) is 4.46. The minimum absolute atomic E-state index is 0.467. The third-order valence-electron chi connectivity index (χ3n) is 2.14. The van der Waals surface area contributed by atoms with Gasteiger partial charge in [0.1, 0.15) is 5.75 Å². The molecule has 0 fully saturated rings. The first-order chi connectivity index (χ1) is 8.15. The quantitative estimate of drug-likeness (QED) is 0.945. The third-order valence-corrected chi connectivity index (χ3v) is 2.58. The maximum absolute atomic E-state index is 9.34. The second kappa shape index (κ2) is 5.25. The van der Waals surface area contributed by atoms with Crippen molar-refractivity contribution >= 4 is 15.9 Å². The Morgan fingerprint density at radius 1 is 1.29 bits per heavy atom. The van der Waals surface area contributed by atoms with Gasteiger partial charge in [-0.15, -0.1) is 0 Å². The molecule has 5 heteroatoms. The molecule has 0 bridgehead atoms. The van der Waals surface area contributed by atoms with Crippen molar-refractivity contribution in [3.8, 4) is 11.6 Å². The Labute approximate surface area is 107 Å². The van der Waals surface area contributed by atoms with Crippen LogP contribution >= 0.6 is 15.9 Å². The number of hydrogen-bond acceptors (Lipinski definition) is 4. The van der Waals surface area contributed by atoms with E-state index in [1.807, 2.05) is 0 Å². The Bertz CT molecular complexity index is 500. The molecule has 4 nitrogen and oxygen atoms in total. The average Bonchev–Trinajstić information content (AvgIpc) is 2.29. The van der Waals surface area contributed by atoms with Crippen LogP contribution in [-0.4, -0.2) is 15.1 Å². The minimum Gasteiger partial charge on any atom is -0.437 e. The molecule has 0 aliphatic carbocycles. The van der Waals surface area contributed by atoms with E-state index in [0.29, 0.717) is 11.6 Å². The van der Waals surface area contributed by atoms with E-state index in [9.17, 15) is 5.11 Å². The molecule has 1 N–H and O–H groups in total. The van der Waals surface area contributed by atoms with E-state index in [0.717, 1.165) is 10.0 Å². The molecule has 0 saturated carbocycles. The van der Waals surface area contributed by atoms with E-state index in [2.05, 4.69) is 25.9 Å². The van der Waals surface area contributed by atoms with E-state index in [1.165, 1.54) is 0 Å². The fourth-order valence-corrected chi connectivity index (χ4v) is 1.61. The van der Waals surface area contributed by atoms with E-state index < -0.39 is 6.10 Å². The van der Waals surface area contributed by atoms with Gasteiger partial charge >= 0.3 is 0 Å². The van der Waals surface area contributed by atoms with E-state index >= 15 is 0 Å². The Morgan fingerprint density at radius 2 is 2.12 bits per heavy atom. The first-order valence-corrected chi connectivity index (χ1v) is 5.87. The summed E-state index contributed by atoms with van der Waals surface area (Å²) < 4.78 is 6.35. The summed E-state index contributed by atoms with van der Waals surface area (Å²) in [4.78, 5) is 8.09. The summed E-state index contributed by atoms with van der Waals surface area (Å²) in [5, 5.41) is 9.34. The maximum atomic E-state index is 9.34. The molecular weight excluding hydrogens is 284 g/mol. The smallest absolute Gasteiger partial charge is 0.219 e. The SMILES string of the molecule is CC(O)c1ccc(Oc2cncc(Br)c2)nc1. The lowest BCUT2D eigenvalue weighted by Crippen LogP contribution is -1.93. The van der Waals surface area contributed by atoms with Crippen LogP contribution in [0.5, 0.6) is 11.6 Å². The van der Waals surface area contributed by atoms with Gasteiger partial charge in [0.15, 0.2) is 0 Å². The first kappa shape index (κ1) is 12.0. The van der Waals surface area contributed by atoms with Crippen molar-refractivity contribution in [3.05, 3.63) is 46.8 Å². The zero-order valence-electron chi connectivity index (χ0n) is 9.17. The van der Waals surface area contributed by atoms with Crippen LogP contribution in [0, 0.1) is 0 Å². The van der Waals surface area contributed by atoms with Crippen LogP contribution in [-0.2, 0) is 0 Å². The van der Waals surface area contributed by atoms with Gasteiger partial charge in [0.25, 0.3) is 0 Å². The van der Waals surface area contributed by atoms with Gasteiger partial charge < -0.3 is 9.84 Å². The minimum atomic E-state index is -0.524. The fourth-order valence-electron chi connectivity index (χ4n) is 1.27. The number of rotatable bonds is 3. The van der Waals surface area contributed by atoms with Crippen molar-refractivity contribution in [3.63, 3.8) is 0 Å². The third kappa shape index (κ3) is 3.25. The highest BCUT2D eigenvalue weighted by Crippen LogP contribution is 2.22. The molecule has 2 aromatic rings. The Morgan fingerprint density at radius 3 is 2.71 bits per heavy atom. The van der Waals surface area contributed by atoms with Crippen LogP contribution in [0.4, 0.5) is 0 Å². The van der Waals surface area contributed by atoms with Crippen LogP contribution in [0.3, 0.4) is 0 Å². The van der Waals surface area contributed by atoms with Crippen molar-refractivity contribution in [2.75, 3.05) is 0 Å². The zero-order valence-corrected chi connectivity index (χ0v) is 10.8. The van der Waals surface area contributed by atoms with Crippen molar-refractivity contribution < 1.29 is 9.84 Å². The van der Waals surface area contributed by atoms with Crippen LogP contribution in [0.25, 0.3) is 0 Å². The monoisotopic (exact) mass is 294 g/mol. The lowest BCUT2D eigenvalue weighted by Gasteiger charge is -2.06. The molecule has 2 rings (SSSR count). The van der Waals surface area contributed by atoms with Gasteiger partial charge in [0.05, 0.1) is 12.3 Å². The molecule has 0 radical (unpaired) electrons. The van der Waals surface area contributed by atoms with Gasteiger partial charge in [-0.25, -0.2) is 4.98 Å². The summed E-state index contributed by atoms with van der Waals surface area (Å²) in [5.41, 5.74) is 0.754. The summed E-state index contributed by atoms with van der Waals surface area (Å²) >= 11 is 3.31. The van der Waals surface area contributed by atoms with E-state index in [1.54, 1.807) is 43.7 Å². The van der Waals surface area contributed by atoms with Crippen LogP contribution < -0.4 is 4.74 Å². The summed E-state index contributed by atoms with van der Waals surface area (Å²) in [7, 11) is 0. The highest BCUT2D eigenvalue weighted by atomic mass is 79.9. The average molecular weight is 295 g/mol. The van der Waals surface area contributed by atoms with Crippen molar-refractivity contribution in [2.45, 2.75) is 13.0 Å². The molecule has 0 aromatic carbocycles. The number of aliphatic hydroxyl groups is 1. The standard InChI is InChI=1S/C12H11BrN2O2/c1-8(16)9-2-3-12(15-5-9)17-11-4-10(13)6-14-7-11/h2-8,16H,1H3. The van der Waals surface area contributed by atoms with Crippen LogP contribution in [0.1, 0.15) is 18.6 Å². The van der Waals surface area contributed by atoms with Crippen LogP contribution in [0.15, 0.2) is 41.3 Å². The summed E-state index contributed by atoms with van der Waals surface area (Å²) in [6.45, 7) is 1.69. The molecule has 1 atom stereocenters. The predicted octanol–water partition coefficient (Wildman–Crippen LogP) is 3.08. The van der Waals surface area contributed by atoms with Gasteiger partial charge in [-0.2, -0.15) is 0 Å². The molecular formula is C12H11BrN2O2. The fraction of sp³-hybridized carbons (Fsp3) is 0.167. The molecule has 2 aromatic heterocycles. The number of hydrogen-bond donors (Lipinski definition) is 1. The van der Waals surface area contributed by atoms with Crippen molar-refractivity contribution in [1.29, 1.82) is 0 Å². The highest BCUT2D eigenvalue weighted by molar-refractivity contribution is 9.10. The molecule has 0 saturated heterocycles. The molecule has 0 amide bonds. The van der Waals surface area contributed by atoms with E-state index in [-0.39, 0.29) is 0 Å². The number of aromatic nitrogens is 2. The number of pyridine rings is 2. The molecule has 17 heavy (non-hydrogen) atoms. The second-order valence-electron chi connectivity index (χ2n) is 3.55. The molecule has 2 heterocycles. The topological polar surface area (TPSA) is 55.2 Å². The lowest BCUT2D eigenvalue weighted by atomic mass is 10.2. The zero-order chi connectivity index (χ0) is 12.3. The predicted molar refractivity (Wildman–Crippen MR) is 66.9 cm³/mol. The van der Waals surface area contributed by atoms with Gasteiger partial charge in [-0.3, -0.25) is 4.98 Å². The van der Waals surface area contributed by atoms with Gasteiger partial charge in [0, 0.05) is 22.9 Å². The Balaban J connectivity index is 2.14. The van der Waals surface area contributed by atoms with Crippen molar-refractivity contribution in [2.24, 2.45) is 0 Å². The summed E-state index contributed by atoms with van der Waals surface area (Å²) in [6, 6.07) is 5.29. The Hall–Kier alpha value is -1.46. The van der Waals surface area contributed by atoms with Crippen molar-refractivity contribution in [1.82, 2.24) is 9.97 Å². The normalized spacial score (nSPS) is 12.2. The van der Waals surface area contributed by atoms with E-state index in [4.69, 9.17) is 4.74 Å². The Kier molecular flexibility index (Phi) is 3.71. The van der Waals surface area contributed by atoms with Gasteiger partial charge in [-0.05, 0) is 40.5 Å². The van der Waals surface area contributed by atoms with Crippen LogP contribution in [0.2, 0.25) is 0 Å². The lowest BCUT2D eigenvalue weighted by molar-refractivity contribution is 0.198. The largest absolute Gasteiger partial charge is 0.437 e. The number of halogens is 1. The van der Waals surface area contributed by atoms with Gasteiger partial charge in [0.2, 0.25) is 5.88 Å². The number of ether oxygens (including phenoxy) is 1. The first-order valence-electron chi connectivity index (χ1n) is 5.07.